The Hall–Kier alpha value is -1.83. The minimum absolute atomic E-state index is 0.212. The number of carbonyl (C=O) groups is 1. The number of carbonyl (C=O) groups excluding carboxylic acids is 1. The van der Waals surface area contributed by atoms with E-state index < -0.39 is 5.24 Å². The van der Waals surface area contributed by atoms with Crippen LogP contribution in [0.4, 0.5) is 0 Å². The lowest BCUT2D eigenvalue weighted by Crippen LogP contribution is -2.08. The molecular weight excluding hydrogens is 583 g/mol. The fourth-order valence-corrected chi connectivity index (χ4v) is 4.91. The predicted molar refractivity (Wildman–Crippen MR) is 136 cm³/mol. The van der Waals surface area contributed by atoms with Crippen molar-refractivity contribution in [3.8, 4) is 22.6 Å². The summed E-state index contributed by atoms with van der Waals surface area (Å²) in [5, 5.41) is 3.32. The molecule has 0 atom stereocenters. The molecule has 0 saturated carbocycles. The van der Waals surface area contributed by atoms with Gasteiger partial charge in [-0.25, -0.2) is 0 Å². The van der Waals surface area contributed by atoms with E-state index in [2.05, 4.69) is 36.1 Å². The molecule has 0 aliphatic heterocycles. The minimum Gasteiger partial charge on any atom is -0.489 e. The van der Waals surface area contributed by atoms with Crippen LogP contribution >= 0.6 is 55.3 Å². The van der Waals surface area contributed by atoms with Crippen LogP contribution < -0.4 is 9.47 Å². The summed E-state index contributed by atoms with van der Waals surface area (Å²) in [6, 6.07) is 19.9. The molecule has 0 bridgehead atoms. The molecule has 4 rings (SSSR count). The van der Waals surface area contributed by atoms with Crippen LogP contribution in [-0.2, 0) is 9.08 Å². The Balaban J connectivity index is 2.10. The van der Waals surface area contributed by atoms with Gasteiger partial charge in [-0.3, -0.25) is 9.08 Å². The average molecular weight is 599 g/mol. The van der Waals surface area contributed by atoms with Crippen molar-refractivity contribution >= 4 is 82.1 Å². The van der Waals surface area contributed by atoms with Crippen molar-refractivity contribution in [2.24, 2.45) is 0 Å². The molecule has 0 aliphatic rings. The summed E-state index contributed by atoms with van der Waals surface area (Å²) in [4.78, 5) is 11.5. The van der Waals surface area contributed by atoms with Gasteiger partial charge in [-0.05, 0) is 77.1 Å². The van der Waals surface area contributed by atoms with Crippen LogP contribution in [0.5, 0.6) is 11.5 Å². The molecule has 0 amide bonds. The highest BCUT2D eigenvalue weighted by atomic mass is 79.9. The number of hydrogen-bond donors (Lipinski definition) is 0. The molecule has 4 aromatic carbocycles. The van der Waals surface area contributed by atoms with Crippen molar-refractivity contribution in [2.45, 2.75) is 0 Å². The zero-order valence-electron chi connectivity index (χ0n) is 16.5. The van der Waals surface area contributed by atoms with Gasteiger partial charge in [0.15, 0.2) is 6.61 Å². The molecule has 0 aromatic heterocycles. The maximum atomic E-state index is 11.5. The first kappa shape index (κ1) is 23.3. The van der Waals surface area contributed by atoms with Crippen LogP contribution in [0.1, 0.15) is 0 Å². The van der Waals surface area contributed by atoms with Gasteiger partial charge in [-0.2, -0.15) is 0 Å². The standard InChI is InChI=1S/C24H16Br2Cl2O4/c25-18-11-14-5-1-3-7-16(14)21(23(18)30-9-10-32-28)22-17-8-4-2-6-15(17)12-19(26)24(22)31-13-20(27)29/h1-8,11-12H,9-10,13H2. The number of ether oxygens (including phenoxy) is 2. The van der Waals surface area contributed by atoms with E-state index in [0.717, 1.165) is 37.1 Å². The van der Waals surface area contributed by atoms with E-state index >= 15 is 0 Å². The maximum absolute atomic E-state index is 11.5. The van der Waals surface area contributed by atoms with E-state index in [1.54, 1.807) is 0 Å². The van der Waals surface area contributed by atoms with Crippen molar-refractivity contribution < 1.29 is 18.6 Å². The molecule has 0 fully saturated rings. The Labute approximate surface area is 211 Å². The first-order valence-electron chi connectivity index (χ1n) is 9.61. The van der Waals surface area contributed by atoms with E-state index in [4.69, 9.17) is 32.9 Å². The van der Waals surface area contributed by atoms with Crippen LogP contribution in [0.3, 0.4) is 0 Å². The number of hydrogen-bond acceptors (Lipinski definition) is 4. The third-order valence-corrected chi connectivity index (χ3v) is 6.34. The van der Waals surface area contributed by atoms with Gasteiger partial charge < -0.3 is 9.47 Å². The molecule has 0 unspecified atom stereocenters. The Morgan fingerprint density at radius 1 is 0.781 bits per heavy atom. The van der Waals surface area contributed by atoms with E-state index in [0.29, 0.717) is 16.0 Å². The molecule has 0 saturated heterocycles. The summed E-state index contributed by atoms with van der Waals surface area (Å²) >= 11 is 18.3. The van der Waals surface area contributed by atoms with Crippen LogP contribution in [0.25, 0.3) is 32.7 Å². The third-order valence-electron chi connectivity index (χ3n) is 4.90. The zero-order chi connectivity index (χ0) is 22.7. The van der Waals surface area contributed by atoms with Crippen molar-refractivity contribution in [1.29, 1.82) is 0 Å². The Morgan fingerprint density at radius 3 is 1.78 bits per heavy atom. The normalized spacial score (nSPS) is 11.1. The largest absolute Gasteiger partial charge is 0.489 e. The van der Waals surface area contributed by atoms with Gasteiger partial charge in [-0.1, -0.05) is 48.5 Å². The monoisotopic (exact) mass is 596 g/mol. The first-order valence-corrected chi connectivity index (χ1v) is 11.9. The molecule has 0 radical (unpaired) electrons. The molecule has 164 valence electrons. The summed E-state index contributed by atoms with van der Waals surface area (Å²) < 4.78 is 18.2. The Morgan fingerprint density at radius 2 is 1.28 bits per heavy atom. The summed E-state index contributed by atoms with van der Waals surface area (Å²) in [5.41, 5.74) is 1.60. The zero-order valence-corrected chi connectivity index (χ0v) is 21.2. The number of fused-ring (bicyclic) bond motifs is 2. The summed E-state index contributed by atoms with van der Waals surface area (Å²) in [6.45, 7) is 0.188. The van der Waals surface area contributed by atoms with E-state index in [1.165, 1.54) is 0 Å². The quantitative estimate of drug-likeness (QED) is 0.153. The fourth-order valence-electron chi connectivity index (χ4n) is 3.67. The van der Waals surface area contributed by atoms with Gasteiger partial charge >= 0.3 is 0 Å². The highest BCUT2D eigenvalue weighted by Crippen LogP contribution is 2.50. The van der Waals surface area contributed by atoms with Crippen molar-refractivity contribution in [3.05, 3.63) is 69.6 Å². The molecular formula is C24H16Br2Cl2O4. The van der Waals surface area contributed by atoms with Crippen LogP contribution in [0, 0.1) is 0 Å². The summed E-state index contributed by atoms with van der Waals surface area (Å²) in [7, 11) is 0. The van der Waals surface area contributed by atoms with Crippen LogP contribution in [0.2, 0.25) is 0 Å². The molecule has 32 heavy (non-hydrogen) atoms. The van der Waals surface area contributed by atoms with Gasteiger partial charge in [-0.15, -0.1) is 0 Å². The molecule has 0 spiro atoms. The van der Waals surface area contributed by atoms with E-state index in [1.807, 2.05) is 60.7 Å². The van der Waals surface area contributed by atoms with E-state index in [-0.39, 0.29) is 19.8 Å². The fraction of sp³-hybridized carbons (Fsp3) is 0.125. The van der Waals surface area contributed by atoms with Gasteiger partial charge in [0, 0.05) is 11.1 Å². The van der Waals surface area contributed by atoms with E-state index in [9.17, 15) is 4.79 Å². The third kappa shape index (κ3) is 4.75. The van der Waals surface area contributed by atoms with Crippen molar-refractivity contribution in [1.82, 2.24) is 0 Å². The highest BCUT2D eigenvalue weighted by Gasteiger charge is 2.23. The molecule has 0 N–H and O–H groups in total. The average Bonchev–Trinajstić information content (AvgIpc) is 2.78. The first-order chi connectivity index (χ1) is 15.5. The second-order valence-corrected chi connectivity index (χ2v) is 9.22. The number of benzene rings is 4. The molecule has 0 aliphatic carbocycles. The predicted octanol–water partition coefficient (Wildman–Crippen LogP) is 7.88. The Bertz CT molecular complexity index is 1310. The van der Waals surface area contributed by atoms with Gasteiger partial charge in [0.2, 0.25) is 0 Å². The molecule has 4 nitrogen and oxygen atoms in total. The minimum atomic E-state index is -0.592. The SMILES string of the molecule is O=C(Cl)COc1c(Br)cc2ccccc2c1-c1c(OCCOCl)c(Br)cc2ccccc12. The van der Waals surface area contributed by atoms with Crippen LogP contribution in [-0.4, -0.2) is 25.1 Å². The molecule has 0 heterocycles. The number of halogens is 4. The molecule has 4 aromatic rings. The second kappa shape index (κ2) is 10.4. The Kier molecular flexibility index (Phi) is 7.59. The van der Waals surface area contributed by atoms with Crippen LogP contribution in [0.15, 0.2) is 69.6 Å². The summed E-state index contributed by atoms with van der Waals surface area (Å²) in [6.07, 6.45) is 0. The van der Waals surface area contributed by atoms with Gasteiger partial charge in [0.1, 0.15) is 24.7 Å². The van der Waals surface area contributed by atoms with Crippen molar-refractivity contribution in [2.75, 3.05) is 19.8 Å². The van der Waals surface area contributed by atoms with Gasteiger partial charge in [0.05, 0.1) is 20.8 Å². The lowest BCUT2D eigenvalue weighted by molar-refractivity contribution is -0.113. The van der Waals surface area contributed by atoms with Crippen molar-refractivity contribution in [3.63, 3.8) is 0 Å². The maximum Gasteiger partial charge on any atom is 0.259 e. The van der Waals surface area contributed by atoms with Gasteiger partial charge in [0.25, 0.3) is 5.24 Å². The smallest absolute Gasteiger partial charge is 0.259 e. The topological polar surface area (TPSA) is 44.8 Å². The lowest BCUT2D eigenvalue weighted by Gasteiger charge is -2.21. The number of rotatable bonds is 8. The highest BCUT2D eigenvalue weighted by molar-refractivity contribution is 9.11. The lowest BCUT2D eigenvalue weighted by atomic mass is 9.92. The second-order valence-electron chi connectivity index (χ2n) is 6.87. The molecule has 8 heteroatoms. The summed E-state index contributed by atoms with van der Waals surface area (Å²) in [5.74, 6) is 1.11.